The Hall–Kier alpha value is -2.53. The Morgan fingerprint density at radius 3 is 2.70 bits per heavy atom. The molecule has 2 aromatic heterocycles. The van der Waals surface area contributed by atoms with E-state index < -0.39 is 0 Å². The number of aromatic nitrogens is 4. The van der Waals surface area contributed by atoms with Crippen LogP contribution in [0.25, 0.3) is 5.82 Å². The average molecular weight is 361 g/mol. The van der Waals surface area contributed by atoms with Crippen LogP contribution in [0.15, 0.2) is 55.1 Å². The average Bonchev–Trinajstić information content (AvgIpc) is 3.15. The Balaban J connectivity index is 1.42. The molecule has 0 spiro atoms. The van der Waals surface area contributed by atoms with Crippen molar-refractivity contribution < 1.29 is 0 Å². The smallest absolute Gasteiger partial charge is 0.160 e. The minimum Gasteiger partial charge on any atom is -0.303 e. The van der Waals surface area contributed by atoms with Crippen LogP contribution in [0.5, 0.6) is 0 Å². The van der Waals surface area contributed by atoms with E-state index in [1.54, 1.807) is 6.20 Å². The number of nitrogens with zero attached hydrogens (tertiary/aromatic N) is 5. The number of piperidine rings is 1. The summed E-state index contributed by atoms with van der Waals surface area (Å²) in [6.45, 7) is 5.40. The summed E-state index contributed by atoms with van der Waals surface area (Å²) in [5.74, 6) is 2.32. The van der Waals surface area contributed by atoms with Gasteiger partial charge in [-0.3, -0.25) is 9.55 Å². The molecule has 0 saturated carbocycles. The number of aryl methyl sites for hydroxylation is 2. The van der Waals surface area contributed by atoms with Crippen LogP contribution in [0.4, 0.5) is 0 Å². The van der Waals surface area contributed by atoms with Crippen molar-refractivity contribution in [1.29, 1.82) is 0 Å². The topological polar surface area (TPSA) is 46.8 Å². The highest BCUT2D eigenvalue weighted by Crippen LogP contribution is 2.29. The van der Waals surface area contributed by atoms with Crippen LogP contribution >= 0.6 is 0 Å². The van der Waals surface area contributed by atoms with Crippen molar-refractivity contribution in [2.75, 3.05) is 19.6 Å². The molecule has 1 aliphatic heterocycles. The van der Waals surface area contributed by atoms with Gasteiger partial charge in [-0.05, 0) is 51.3 Å². The lowest BCUT2D eigenvalue weighted by molar-refractivity contribution is 0.204. The number of likely N-dealkylation sites (tertiary alicyclic amines) is 1. The highest BCUT2D eigenvalue weighted by molar-refractivity contribution is 5.33. The third-order valence-corrected chi connectivity index (χ3v) is 5.43. The highest BCUT2D eigenvalue weighted by atomic mass is 15.2. The van der Waals surface area contributed by atoms with Crippen molar-refractivity contribution in [2.45, 2.75) is 38.5 Å². The summed E-state index contributed by atoms with van der Waals surface area (Å²) in [5, 5.41) is 0. The van der Waals surface area contributed by atoms with Crippen LogP contribution in [0.3, 0.4) is 0 Å². The van der Waals surface area contributed by atoms with Crippen LogP contribution in [0, 0.1) is 6.92 Å². The molecule has 4 rings (SSSR count). The Labute approximate surface area is 161 Å². The molecule has 1 aromatic carbocycles. The van der Waals surface area contributed by atoms with E-state index in [2.05, 4.69) is 49.8 Å². The quantitative estimate of drug-likeness (QED) is 0.670. The van der Waals surface area contributed by atoms with Gasteiger partial charge in [0.15, 0.2) is 5.82 Å². The van der Waals surface area contributed by atoms with Gasteiger partial charge in [0.25, 0.3) is 0 Å². The minimum atomic E-state index is 0.431. The fourth-order valence-corrected chi connectivity index (χ4v) is 4.05. The predicted octanol–water partition coefficient (Wildman–Crippen LogP) is 3.78. The van der Waals surface area contributed by atoms with Gasteiger partial charge in [0.2, 0.25) is 0 Å². The van der Waals surface area contributed by atoms with Crippen LogP contribution in [0.1, 0.15) is 42.3 Å². The molecular weight excluding hydrogens is 334 g/mol. The first-order valence-electron chi connectivity index (χ1n) is 9.89. The molecule has 0 bridgehead atoms. The maximum atomic E-state index is 4.72. The van der Waals surface area contributed by atoms with Gasteiger partial charge < -0.3 is 4.90 Å². The summed E-state index contributed by atoms with van der Waals surface area (Å²) in [6, 6.07) is 10.8. The third kappa shape index (κ3) is 4.25. The van der Waals surface area contributed by atoms with Gasteiger partial charge in [-0.1, -0.05) is 30.3 Å². The largest absolute Gasteiger partial charge is 0.303 e. The van der Waals surface area contributed by atoms with Crippen molar-refractivity contribution in [2.24, 2.45) is 0 Å². The van der Waals surface area contributed by atoms with Crippen molar-refractivity contribution in [3.8, 4) is 5.82 Å². The zero-order valence-corrected chi connectivity index (χ0v) is 16.0. The van der Waals surface area contributed by atoms with E-state index >= 15 is 0 Å². The third-order valence-electron chi connectivity index (χ3n) is 5.43. The molecule has 0 aliphatic carbocycles. The summed E-state index contributed by atoms with van der Waals surface area (Å²) in [7, 11) is 0. The zero-order chi connectivity index (χ0) is 18.5. The molecule has 140 valence electrons. The van der Waals surface area contributed by atoms with Crippen molar-refractivity contribution in [3.63, 3.8) is 0 Å². The van der Waals surface area contributed by atoms with Gasteiger partial charge in [-0.2, -0.15) is 0 Å². The van der Waals surface area contributed by atoms with Crippen LogP contribution in [0.2, 0.25) is 0 Å². The highest BCUT2D eigenvalue weighted by Gasteiger charge is 2.25. The number of hydrogen-bond donors (Lipinski definition) is 0. The first kappa shape index (κ1) is 17.9. The standard InChI is InChI=1S/C22H27N5/c1-18-23-13-16-27(18)22-21(24-11-12-25-22)20-10-6-15-26(17-20)14-5-9-19-7-3-2-4-8-19/h2-4,7-8,11-13,16,20H,5-6,9-10,14-15,17H2,1H3. The zero-order valence-electron chi connectivity index (χ0n) is 16.0. The van der Waals surface area contributed by atoms with Crippen LogP contribution < -0.4 is 0 Å². The summed E-state index contributed by atoms with van der Waals surface area (Å²) in [5.41, 5.74) is 2.53. The first-order valence-corrected chi connectivity index (χ1v) is 9.89. The predicted molar refractivity (Wildman–Crippen MR) is 107 cm³/mol. The second kappa shape index (κ2) is 8.44. The normalized spacial score (nSPS) is 17.9. The van der Waals surface area contributed by atoms with Gasteiger partial charge in [0.05, 0.1) is 5.69 Å². The molecule has 1 fully saturated rings. The monoisotopic (exact) mass is 361 g/mol. The minimum absolute atomic E-state index is 0.431. The molecule has 0 radical (unpaired) electrons. The van der Waals surface area contributed by atoms with E-state index in [9.17, 15) is 0 Å². The number of imidazole rings is 1. The summed E-state index contributed by atoms with van der Waals surface area (Å²) in [6.07, 6.45) is 12.1. The number of rotatable bonds is 6. The summed E-state index contributed by atoms with van der Waals surface area (Å²) >= 11 is 0. The van der Waals surface area contributed by atoms with E-state index in [0.29, 0.717) is 5.92 Å². The van der Waals surface area contributed by atoms with E-state index in [4.69, 9.17) is 4.98 Å². The number of benzene rings is 1. The van der Waals surface area contributed by atoms with Gasteiger partial charge in [0, 0.05) is 37.3 Å². The molecule has 3 aromatic rings. The fraction of sp³-hybridized carbons (Fsp3) is 0.409. The van der Waals surface area contributed by atoms with Gasteiger partial charge in [-0.25, -0.2) is 9.97 Å². The van der Waals surface area contributed by atoms with Crippen LogP contribution in [-0.2, 0) is 6.42 Å². The van der Waals surface area contributed by atoms with E-state index in [-0.39, 0.29) is 0 Å². The Bertz CT molecular complexity index is 858. The van der Waals surface area contributed by atoms with Crippen molar-refractivity contribution in [3.05, 3.63) is 72.2 Å². The summed E-state index contributed by atoms with van der Waals surface area (Å²) < 4.78 is 2.05. The molecule has 0 N–H and O–H groups in total. The van der Waals surface area contributed by atoms with E-state index in [1.807, 2.05) is 25.5 Å². The van der Waals surface area contributed by atoms with Crippen LogP contribution in [-0.4, -0.2) is 44.1 Å². The van der Waals surface area contributed by atoms with E-state index in [0.717, 1.165) is 36.8 Å². The Kier molecular flexibility index (Phi) is 5.58. The lowest BCUT2D eigenvalue weighted by Gasteiger charge is -2.33. The molecule has 1 saturated heterocycles. The maximum Gasteiger partial charge on any atom is 0.160 e. The molecule has 1 unspecified atom stereocenters. The Morgan fingerprint density at radius 2 is 1.89 bits per heavy atom. The van der Waals surface area contributed by atoms with Gasteiger partial charge >= 0.3 is 0 Å². The first-order chi connectivity index (χ1) is 13.3. The molecule has 0 amide bonds. The second-order valence-electron chi connectivity index (χ2n) is 7.34. The Morgan fingerprint density at radius 1 is 1.04 bits per heavy atom. The molecule has 1 aliphatic rings. The van der Waals surface area contributed by atoms with Gasteiger partial charge in [0.1, 0.15) is 5.82 Å². The lowest BCUT2D eigenvalue weighted by Crippen LogP contribution is -2.36. The number of hydrogen-bond acceptors (Lipinski definition) is 4. The molecular formula is C22H27N5. The summed E-state index contributed by atoms with van der Waals surface area (Å²) in [4.78, 5) is 16.3. The molecule has 5 nitrogen and oxygen atoms in total. The SMILES string of the molecule is Cc1nccn1-c1nccnc1C1CCCN(CCCc2ccccc2)C1. The second-order valence-corrected chi connectivity index (χ2v) is 7.34. The van der Waals surface area contributed by atoms with Crippen molar-refractivity contribution in [1.82, 2.24) is 24.4 Å². The molecule has 1 atom stereocenters. The van der Waals surface area contributed by atoms with Gasteiger partial charge in [-0.15, -0.1) is 0 Å². The molecule has 5 heteroatoms. The molecule has 27 heavy (non-hydrogen) atoms. The maximum absolute atomic E-state index is 4.72. The fourth-order valence-electron chi connectivity index (χ4n) is 4.05. The molecule has 3 heterocycles. The van der Waals surface area contributed by atoms with Crippen molar-refractivity contribution >= 4 is 0 Å². The lowest BCUT2D eigenvalue weighted by atomic mass is 9.94. The van der Waals surface area contributed by atoms with E-state index in [1.165, 1.54) is 31.4 Å².